The van der Waals surface area contributed by atoms with Gasteiger partial charge in [0.1, 0.15) is 0 Å². The summed E-state index contributed by atoms with van der Waals surface area (Å²) in [6, 6.07) is 7.06. The largest absolute Gasteiger partial charge is 0.310 e. The smallest absolute Gasteiger partial charge is 0.0488 e. The zero-order valence-corrected chi connectivity index (χ0v) is 14.8. The van der Waals surface area contributed by atoms with Crippen LogP contribution in [0.3, 0.4) is 0 Å². The van der Waals surface area contributed by atoms with Gasteiger partial charge in [-0.3, -0.25) is 0 Å². The zero-order chi connectivity index (χ0) is 14.3. The van der Waals surface area contributed by atoms with Crippen LogP contribution in [0.25, 0.3) is 10.1 Å². The topological polar surface area (TPSA) is 12.0 Å². The predicted molar refractivity (Wildman–Crippen MR) is 92.4 cm³/mol. The summed E-state index contributed by atoms with van der Waals surface area (Å²) in [7, 11) is 0. The van der Waals surface area contributed by atoms with Crippen LogP contribution < -0.4 is 5.32 Å². The van der Waals surface area contributed by atoms with Crippen molar-refractivity contribution in [2.24, 2.45) is 11.3 Å². The maximum atomic E-state index is 3.79. The Hall–Kier alpha value is -0.380. The molecule has 108 valence electrons. The third-order valence-corrected chi connectivity index (χ3v) is 6.49. The van der Waals surface area contributed by atoms with Crippen molar-refractivity contribution in [3.63, 3.8) is 0 Å². The Labute approximate surface area is 133 Å². The number of thiophene rings is 1. The first-order valence-corrected chi connectivity index (χ1v) is 9.11. The van der Waals surface area contributed by atoms with Gasteiger partial charge in [0, 0.05) is 15.2 Å². The molecule has 0 saturated heterocycles. The van der Waals surface area contributed by atoms with E-state index in [1.165, 1.54) is 33.0 Å². The van der Waals surface area contributed by atoms with Gasteiger partial charge in [0.25, 0.3) is 0 Å². The number of hydrogen-bond donors (Lipinski definition) is 1. The minimum atomic E-state index is 0.492. The Morgan fingerprint density at radius 2 is 2.20 bits per heavy atom. The maximum absolute atomic E-state index is 3.79. The number of benzene rings is 1. The molecule has 0 amide bonds. The van der Waals surface area contributed by atoms with Crippen LogP contribution in [0.15, 0.2) is 28.1 Å². The van der Waals surface area contributed by atoms with Crippen LogP contribution in [0.2, 0.25) is 0 Å². The van der Waals surface area contributed by atoms with Crippen LogP contribution in [0, 0.1) is 11.3 Å². The molecule has 1 N–H and O–H groups in total. The van der Waals surface area contributed by atoms with E-state index in [1.54, 1.807) is 0 Å². The molecule has 0 aliphatic heterocycles. The second-order valence-corrected chi connectivity index (χ2v) is 8.27. The van der Waals surface area contributed by atoms with Crippen molar-refractivity contribution in [3.05, 3.63) is 33.6 Å². The highest BCUT2D eigenvalue weighted by molar-refractivity contribution is 9.10. The van der Waals surface area contributed by atoms with Crippen LogP contribution in [0.1, 0.15) is 45.2 Å². The molecule has 1 nitrogen and oxygen atoms in total. The van der Waals surface area contributed by atoms with Gasteiger partial charge in [0.2, 0.25) is 0 Å². The Balaban J connectivity index is 1.99. The molecule has 1 aromatic heterocycles. The van der Waals surface area contributed by atoms with Crippen molar-refractivity contribution in [2.75, 3.05) is 6.54 Å². The second-order valence-electron chi connectivity index (χ2n) is 6.54. The van der Waals surface area contributed by atoms with Gasteiger partial charge in [-0.05, 0) is 69.0 Å². The maximum Gasteiger partial charge on any atom is 0.0488 e. The molecule has 2 atom stereocenters. The zero-order valence-electron chi connectivity index (χ0n) is 12.4. The average Bonchev–Trinajstić information content (AvgIpc) is 2.85. The lowest BCUT2D eigenvalue weighted by molar-refractivity contribution is 0.418. The number of nitrogens with one attached hydrogen (secondary N) is 1. The van der Waals surface area contributed by atoms with Crippen molar-refractivity contribution in [3.8, 4) is 0 Å². The summed E-state index contributed by atoms with van der Waals surface area (Å²) in [6.45, 7) is 8.12. The van der Waals surface area contributed by atoms with Gasteiger partial charge in [-0.15, -0.1) is 11.3 Å². The molecule has 0 spiro atoms. The molecule has 1 heterocycles. The SMILES string of the molecule is CCCNC(c1csc2c(Br)cccc12)C1CC1(C)C. The van der Waals surface area contributed by atoms with Crippen LogP contribution in [0.5, 0.6) is 0 Å². The number of hydrogen-bond acceptors (Lipinski definition) is 2. The van der Waals surface area contributed by atoms with Crippen molar-refractivity contribution in [1.82, 2.24) is 5.32 Å². The number of fused-ring (bicyclic) bond motifs is 1. The van der Waals surface area contributed by atoms with Gasteiger partial charge in [0.05, 0.1) is 0 Å². The predicted octanol–water partition coefficient (Wildman–Crippen LogP) is 5.75. The first-order chi connectivity index (χ1) is 9.54. The molecule has 1 saturated carbocycles. The third-order valence-electron chi connectivity index (χ3n) is 4.52. The van der Waals surface area contributed by atoms with E-state index < -0.39 is 0 Å². The Morgan fingerprint density at radius 1 is 1.45 bits per heavy atom. The molecule has 0 radical (unpaired) electrons. The van der Waals surface area contributed by atoms with E-state index in [-0.39, 0.29) is 0 Å². The lowest BCUT2D eigenvalue weighted by Gasteiger charge is -2.20. The van der Waals surface area contributed by atoms with Gasteiger partial charge in [-0.1, -0.05) is 32.9 Å². The van der Waals surface area contributed by atoms with Gasteiger partial charge in [-0.25, -0.2) is 0 Å². The summed E-state index contributed by atoms with van der Waals surface area (Å²) < 4.78 is 2.60. The van der Waals surface area contributed by atoms with Crippen molar-refractivity contribution < 1.29 is 0 Å². The standard InChI is InChI=1S/C17H22BrNS/c1-4-8-19-15(13-9-17(13,2)3)12-10-20-16-11(12)6-5-7-14(16)18/h5-7,10,13,15,19H,4,8-9H2,1-3H3. The minimum Gasteiger partial charge on any atom is -0.310 e. The van der Waals surface area contributed by atoms with Gasteiger partial charge >= 0.3 is 0 Å². The van der Waals surface area contributed by atoms with Crippen LogP contribution in [-0.4, -0.2) is 6.54 Å². The molecule has 0 bridgehead atoms. The Kier molecular flexibility index (Phi) is 3.95. The Bertz CT molecular complexity index is 616. The van der Waals surface area contributed by atoms with Gasteiger partial charge < -0.3 is 5.32 Å². The van der Waals surface area contributed by atoms with Crippen LogP contribution in [-0.2, 0) is 0 Å². The molecule has 20 heavy (non-hydrogen) atoms. The van der Waals surface area contributed by atoms with E-state index in [9.17, 15) is 0 Å². The third kappa shape index (κ3) is 2.56. The highest BCUT2D eigenvalue weighted by atomic mass is 79.9. The van der Waals surface area contributed by atoms with E-state index in [0.29, 0.717) is 11.5 Å². The highest BCUT2D eigenvalue weighted by Crippen LogP contribution is 2.58. The summed E-state index contributed by atoms with van der Waals surface area (Å²) in [5.74, 6) is 0.769. The summed E-state index contributed by atoms with van der Waals surface area (Å²) in [5, 5.41) is 7.57. The van der Waals surface area contributed by atoms with Crippen molar-refractivity contribution in [1.29, 1.82) is 0 Å². The average molecular weight is 352 g/mol. The molecule has 1 aliphatic carbocycles. The van der Waals surface area contributed by atoms with E-state index >= 15 is 0 Å². The first-order valence-electron chi connectivity index (χ1n) is 7.43. The fraction of sp³-hybridized carbons (Fsp3) is 0.529. The molecule has 1 aliphatic rings. The lowest BCUT2D eigenvalue weighted by Crippen LogP contribution is -2.25. The first kappa shape index (κ1) is 14.6. The Morgan fingerprint density at radius 3 is 2.85 bits per heavy atom. The van der Waals surface area contributed by atoms with E-state index in [4.69, 9.17) is 0 Å². The molecule has 1 aromatic carbocycles. The molecular weight excluding hydrogens is 330 g/mol. The molecular formula is C17H22BrNS. The van der Waals surface area contributed by atoms with E-state index in [1.807, 2.05) is 11.3 Å². The molecule has 3 rings (SSSR count). The van der Waals surface area contributed by atoms with Gasteiger partial charge in [-0.2, -0.15) is 0 Å². The molecule has 3 heteroatoms. The summed E-state index contributed by atoms with van der Waals surface area (Å²) in [5.41, 5.74) is 1.99. The van der Waals surface area contributed by atoms with Gasteiger partial charge in [0.15, 0.2) is 0 Å². The molecule has 2 aromatic rings. The minimum absolute atomic E-state index is 0.492. The van der Waals surface area contributed by atoms with Crippen LogP contribution >= 0.6 is 27.3 Å². The summed E-state index contributed by atoms with van der Waals surface area (Å²) in [4.78, 5) is 0. The van der Waals surface area contributed by atoms with Crippen LogP contribution in [0.4, 0.5) is 0 Å². The normalized spacial score (nSPS) is 22.1. The lowest BCUT2D eigenvalue weighted by atomic mass is 9.96. The number of halogens is 1. The quantitative estimate of drug-likeness (QED) is 0.722. The van der Waals surface area contributed by atoms with E-state index in [0.717, 1.165) is 12.5 Å². The van der Waals surface area contributed by atoms with Crippen molar-refractivity contribution >= 4 is 37.4 Å². The highest BCUT2D eigenvalue weighted by Gasteiger charge is 2.50. The van der Waals surface area contributed by atoms with Crippen molar-refractivity contribution in [2.45, 2.75) is 39.7 Å². The summed E-state index contributed by atoms with van der Waals surface area (Å²) >= 11 is 5.54. The monoisotopic (exact) mass is 351 g/mol. The van der Waals surface area contributed by atoms with E-state index in [2.05, 4.69) is 65.6 Å². The molecule has 1 fully saturated rings. The fourth-order valence-electron chi connectivity index (χ4n) is 3.13. The summed E-state index contributed by atoms with van der Waals surface area (Å²) in [6.07, 6.45) is 2.52. The number of rotatable bonds is 5. The second kappa shape index (κ2) is 5.43. The fourth-order valence-corrected chi connectivity index (χ4v) is 4.79. The molecule has 2 unspecified atom stereocenters.